The molecule has 11 rings (SSSR count). The van der Waals surface area contributed by atoms with Gasteiger partial charge in [-0.1, -0.05) is 127 Å². The van der Waals surface area contributed by atoms with Crippen LogP contribution in [0.2, 0.25) is 0 Å². The second kappa shape index (κ2) is 10.2. The Balaban J connectivity index is 1.09. The van der Waals surface area contributed by atoms with Crippen molar-refractivity contribution in [3.05, 3.63) is 170 Å². The van der Waals surface area contributed by atoms with E-state index >= 15 is 0 Å². The van der Waals surface area contributed by atoms with Crippen molar-refractivity contribution in [3.8, 4) is 27.9 Å². The molecule has 11 aromatic rings. The van der Waals surface area contributed by atoms with Gasteiger partial charge < -0.3 is 0 Å². The quantitative estimate of drug-likeness (QED) is 0.177. The van der Waals surface area contributed by atoms with Gasteiger partial charge in [0.15, 0.2) is 0 Å². The molecule has 50 heavy (non-hydrogen) atoms. The Hall–Kier alpha value is -6.51. The average Bonchev–Trinajstić information content (AvgIpc) is 3.51. The first-order chi connectivity index (χ1) is 24.7. The summed E-state index contributed by atoms with van der Waals surface area (Å²) in [5.41, 5.74) is 8.11. The van der Waals surface area contributed by atoms with Gasteiger partial charge in [0.2, 0.25) is 0 Å². The maximum atomic E-state index is 4.76. The Kier molecular flexibility index (Phi) is 5.62. The molecular formula is C48H30N2. The Morgan fingerprint density at radius 2 is 0.860 bits per heavy atom. The van der Waals surface area contributed by atoms with Crippen molar-refractivity contribution in [2.75, 3.05) is 0 Å². The lowest BCUT2D eigenvalue weighted by atomic mass is 9.86. The van der Waals surface area contributed by atoms with Crippen LogP contribution in [0, 0.1) is 6.92 Å². The monoisotopic (exact) mass is 634 g/mol. The van der Waals surface area contributed by atoms with Gasteiger partial charge in [-0.15, -0.1) is 0 Å². The molecule has 0 bridgehead atoms. The lowest BCUT2D eigenvalue weighted by Gasteiger charge is -2.17. The third-order valence-corrected chi connectivity index (χ3v) is 10.8. The Morgan fingerprint density at radius 1 is 0.380 bits per heavy atom. The Bertz CT molecular complexity index is 3120. The van der Waals surface area contributed by atoms with Crippen molar-refractivity contribution in [2.24, 2.45) is 0 Å². The lowest BCUT2D eigenvalue weighted by molar-refractivity contribution is 1.00. The minimum atomic E-state index is 0.991. The molecule has 0 N–H and O–H groups in total. The zero-order valence-corrected chi connectivity index (χ0v) is 27.5. The lowest BCUT2D eigenvalue weighted by Crippen LogP contribution is -1.96. The topological polar surface area (TPSA) is 17.8 Å². The van der Waals surface area contributed by atoms with Crippen LogP contribution in [0.4, 0.5) is 0 Å². The molecular weight excluding hydrogens is 605 g/mol. The van der Waals surface area contributed by atoms with E-state index < -0.39 is 0 Å². The van der Waals surface area contributed by atoms with Crippen molar-refractivity contribution in [2.45, 2.75) is 6.92 Å². The van der Waals surface area contributed by atoms with E-state index in [1.807, 2.05) is 6.07 Å². The molecule has 232 valence electrons. The average molecular weight is 635 g/mol. The van der Waals surface area contributed by atoms with E-state index in [2.05, 4.69) is 169 Å². The first-order valence-electron chi connectivity index (χ1n) is 17.3. The Morgan fingerprint density at radius 3 is 1.46 bits per heavy atom. The highest BCUT2D eigenvalue weighted by molar-refractivity contribution is 6.37. The molecule has 1 heterocycles. The van der Waals surface area contributed by atoms with Crippen LogP contribution in [0.3, 0.4) is 0 Å². The molecule has 0 aliphatic rings. The summed E-state index contributed by atoms with van der Waals surface area (Å²) in [6, 6.07) is 60.5. The first-order valence-corrected chi connectivity index (χ1v) is 17.3. The number of aromatic nitrogens is 2. The molecule has 2 heteroatoms. The maximum absolute atomic E-state index is 4.76. The first kappa shape index (κ1) is 27.4. The number of fused-ring (bicyclic) bond motifs is 3. The van der Waals surface area contributed by atoms with Crippen LogP contribution < -0.4 is 0 Å². The summed E-state index contributed by atoms with van der Waals surface area (Å²) >= 11 is 0. The van der Waals surface area contributed by atoms with Gasteiger partial charge in [-0.3, -0.25) is 4.57 Å². The fraction of sp³-hybridized carbons (Fsp3) is 0.0208. The summed E-state index contributed by atoms with van der Waals surface area (Å²) < 4.78 is 2.23. The molecule has 0 unspecified atom stereocenters. The van der Waals surface area contributed by atoms with Gasteiger partial charge in [-0.25, -0.2) is 4.98 Å². The molecule has 0 aliphatic heterocycles. The largest absolute Gasteiger partial charge is 0.297 e. The second-order valence-electron chi connectivity index (χ2n) is 13.6. The van der Waals surface area contributed by atoms with Gasteiger partial charge in [0.05, 0.1) is 11.0 Å². The zero-order chi connectivity index (χ0) is 32.9. The maximum Gasteiger partial charge on any atom is 0.111 e. The summed E-state index contributed by atoms with van der Waals surface area (Å²) in [5, 5.41) is 15.7. The highest BCUT2D eigenvalue weighted by Crippen LogP contribution is 2.44. The minimum Gasteiger partial charge on any atom is -0.297 e. The van der Waals surface area contributed by atoms with Gasteiger partial charge in [-0.05, 0) is 130 Å². The van der Waals surface area contributed by atoms with E-state index in [9.17, 15) is 0 Å². The van der Waals surface area contributed by atoms with Crippen molar-refractivity contribution < 1.29 is 0 Å². The molecule has 2 nitrogen and oxygen atoms in total. The van der Waals surface area contributed by atoms with Crippen LogP contribution in [-0.2, 0) is 0 Å². The van der Waals surface area contributed by atoms with Gasteiger partial charge >= 0.3 is 0 Å². The summed E-state index contributed by atoms with van der Waals surface area (Å²) in [6.45, 7) is 2.07. The predicted octanol–water partition coefficient (Wildman–Crippen LogP) is 13.0. The van der Waals surface area contributed by atoms with Gasteiger partial charge in [0.25, 0.3) is 0 Å². The Labute approximate surface area is 288 Å². The number of hydrogen-bond acceptors (Lipinski definition) is 1. The van der Waals surface area contributed by atoms with Crippen LogP contribution in [0.15, 0.2) is 164 Å². The third-order valence-electron chi connectivity index (χ3n) is 10.8. The van der Waals surface area contributed by atoms with E-state index in [0.717, 1.165) is 22.5 Å². The molecule has 0 aliphatic carbocycles. The van der Waals surface area contributed by atoms with Gasteiger partial charge in [-0.2, -0.15) is 0 Å². The second-order valence-corrected chi connectivity index (χ2v) is 13.6. The minimum absolute atomic E-state index is 0.991. The number of rotatable bonds is 3. The van der Waals surface area contributed by atoms with Crippen LogP contribution >= 0.6 is 0 Å². The smallest absolute Gasteiger partial charge is 0.111 e. The van der Waals surface area contributed by atoms with E-state index in [4.69, 9.17) is 4.98 Å². The standard InChI is InChI=1S/C48H30N2/c1-29-49-43-13-2-3-14-44(43)50(29)38-25-23-31(24-26-38)30-15-17-32(18-16-30)37-27-36-22-21-35-8-5-11-40-39-10-4-7-33-19-20-34-9-6-12-41(47(34)45(33)39)42(28-37)48(36)46(35)40/h2-28H,1H3. The van der Waals surface area contributed by atoms with E-state index in [1.165, 1.54) is 86.9 Å². The van der Waals surface area contributed by atoms with Crippen LogP contribution in [0.25, 0.3) is 104 Å². The molecule has 0 radical (unpaired) electrons. The van der Waals surface area contributed by atoms with Crippen molar-refractivity contribution in [1.82, 2.24) is 9.55 Å². The fourth-order valence-electron chi connectivity index (χ4n) is 8.58. The number of hydrogen-bond donors (Lipinski definition) is 0. The third kappa shape index (κ3) is 3.88. The van der Waals surface area contributed by atoms with E-state index in [-0.39, 0.29) is 0 Å². The molecule has 0 fully saturated rings. The van der Waals surface area contributed by atoms with E-state index in [0.29, 0.717) is 0 Å². The fourth-order valence-corrected chi connectivity index (χ4v) is 8.58. The van der Waals surface area contributed by atoms with Crippen LogP contribution in [0.5, 0.6) is 0 Å². The molecule has 0 saturated carbocycles. The molecule has 0 saturated heterocycles. The molecule has 10 aromatic carbocycles. The highest BCUT2D eigenvalue weighted by Gasteiger charge is 2.16. The predicted molar refractivity (Wildman–Crippen MR) is 213 cm³/mol. The summed E-state index contributed by atoms with van der Waals surface area (Å²) in [6.07, 6.45) is 0. The van der Waals surface area contributed by atoms with Crippen molar-refractivity contribution in [1.29, 1.82) is 0 Å². The molecule has 0 amide bonds. The van der Waals surface area contributed by atoms with Crippen LogP contribution in [0.1, 0.15) is 5.82 Å². The van der Waals surface area contributed by atoms with Crippen molar-refractivity contribution in [3.63, 3.8) is 0 Å². The van der Waals surface area contributed by atoms with E-state index in [1.54, 1.807) is 0 Å². The number of benzene rings is 9. The molecule has 0 atom stereocenters. The van der Waals surface area contributed by atoms with Gasteiger partial charge in [0, 0.05) is 5.69 Å². The number of nitrogens with zero attached hydrogens (tertiary/aromatic N) is 2. The normalized spacial score (nSPS) is 12.1. The number of para-hydroxylation sites is 2. The van der Waals surface area contributed by atoms with Crippen molar-refractivity contribution >= 4 is 75.7 Å². The van der Waals surface area contributed by atoms with Crippen LogP contribution in [-0.4, -0.2) is 9.55 Å². The number of aryl methyl sites for hydroxylation is 1. The van der Waals surface area contributed by atoms with Gasteiger partial charge in [0.1, 0.15) is 5.82 Å². The highest BCUT2D eigenvalue weighted by atomic mass is 15.1. The molecule has 1 aromatic heterocycles. The number of imidazole rings is 1. The summed E-state index contributed by atoms with van der Waals surface area (Å²) in [7, 11) is 0. The summed E-state index contributed by atoms with van der Waals surface area (Å²) in [4.78, 5) is 4.76. The molecule has 0 spiro atoms. The summed E-state index contributed by atoms with van der Waals surface area (Å²) in [5.74, 6) is 0.991. The zero-order valence-electron chi connectivity index (χ0n) is 27.5. The SMILES string of the molecule is Cc1nc2ccccc2n1-c1ccc(-c2ccc(-c3cc4ccc5cccc6c7cccc8ccc9cccc(c(c3)c4c56)c9c87)cc2)cc1.